The smallest absolute Gasteiger partial charge is 0.136 e. The number of rotatable bonds is 1. The van der Waals surface area contributed by atoms with Crippen LogP contribution in [0.4, 0.5) is 0 Å². The number of fused-ring (bicyclic) bond motifs is 3. The van der Waals surface area contributed by atoms with Gasteiger partial charge in [-0.15, -0.1) is 0 Å². The van der Waals surface area contributed by atoms with Gasteiger partial charge in [-0.2, -0.15) is 5.26 Å². The van der Waals surface area contributed by atoms with Crippen LogP contribution in [-0.2, 0) is 0 Å². The molecule has 0 radical (unpaired) electrons. The molecule has 0 saturated carbocycles. The lowest BCUT2D eigenvalue weighted by Gasteiger charge is -2.03. The van der Waals surface area contributed by atoms with Gasteiger partial charge >= 0.3 is 0 Å². The van der Waals surface area contributed by atoms with Crippen LogP contribution >= 0.6 is 27.5 Å². The second kappa shape index (κ2) is 5.42. The molecule has 0 atom stereocenters. The molecule has 0 aliphatic rings. The third kappa shape index (κ3) is 2.50. The third-order valence-corrected chi connectivity index (χ3v) is 4.47. The van der Waals surface area contributed by atoms with Crippen LogP contribution < -0.4 is 0 Å². The van der Waals surface area contributed by atoms with Crippen molar-refractivity contribution in [2.45, 2.75) is 0 Å². The molecule has 0 fully saturated rings. The van der Waals surface area contributed by atoms with Crippen LogP contribution in [0.2, 0.25) is 5.02 Å². The SMILES string of the molecule is N#Cc1ccc2c(c1)oc1cc(-c3cc(Cl)cc(Br)c3)ccc12. The molecule has 23 heavy (non-hydrogen) atoms. The molecule has 0 spiro atoms. The zero-order valence-corrected chi connectivity index (χ0v) is 14.1. The first-order valence-corrected chi connectivity index (χ1v) is 8.14. The summed E-state index contributed by atoms with van der Waals surface area (Å²) in [5.74, 6) is 0. The van der Waals surface area contributed by atoms with Gasteiger partial charge in [-0.25, -0.2) is 0 Å². The van der Waals surface area contributed by atoms with Gasteiger partial charge in [-0.1, -0.05) is 33.6 Å². The fourth-order valence-electron chi connectivity index (χ4n) is 2.75. The molecule has 1 aromatic heterocycles. The van der Waals surface area contributed by atoms with E-state index in [9.17, 15) is 0 Å². The number of nitriles is 1. The van der Waals surface area contributed by atoms with E-state index in [1.165, 1.54) is 0 Å². The van der Waals surface area contributed by atoms with Crippen molar-refractivity contribution in [2.75, 3.05) is 0 Å². The van der Waals surface area contributed by atoms with Crippen molar-refractivity contribution >= 4 is 49.5 Å². The van der Waals surface area contributed by atoms with Crippen LogP contribution in [0.15, 0.2) is 63.5 Å². The first-order valence-electron chi connectivity index (χ1n) is 6.97. The number of halogens is 2. The van der Waals surface area contributed by atoms with Gasteiger partial charge in [0.15, 0.2) is 0 Å². The molecular weight excluding hydrogens is 374 g/mol. The molecule has 0 amide bonds. The average molecular weight is 383 g/mol. The van der Waals surface area contributed by atoms with E-state index in [1.807, 2.05) is 42.5 Å². The average Bonchev–Trinajstić information content (AvgIpc) is 2.90. The summed E-state index contributed by atoms with van der Waals surface area (Å²) in [6.07, 6.45) is 0. The van der Waals surface area contributed by atoms with Crippen molar-refractivity contribution in [1.82, 2.24) is 0 Å². The predicted molar refractivity (Wildman–Crippen MR) is 96.6 cm³/mol. The topological polar surface area (TPSA) is 36.9 Å². The highest BCUT2D eigenvalue weighted by molar-refractivity contribution is 9.10. The van der Waals surface area contributed by atoms with E-state index in [0.717, 1.165) is 37.5 Å². The van der Waals surface area contributed by atoms with E-state index in [0.29, 0.717) is 10.6 Å². The Labute approximate surface area is 146 Å². The van der Waals surface area contributed by atoms with E-state index in [2.05, 4.69) is 22.0 Å². The lowest BCUT2D eigenvalue weighted by molar-refractivity contribution is 0.669. The van der Waals surface area contributed by atoms with E-state index < -0.39 is 0 Å². The molecule has 0 bridgehead atoms. The van der Waals surface area contributed by atoms with Crippen LogP contribution in [0.3, 0.4) is 0 Å². The second-order valence-electron chi connectivity index (χ2n) is 5.29. The van der Waals surface area contributed by atoms with Crippen LogP contribution in [-0.4, -0.2) is 0 Å². The predicted octanol–water partition coefficient (Wildman–Crippen LogP) is 6.54. The maximum absolute atomic E-state index is 9.01. The Morgan fingerprint density at radius 2 is 1.61 bits per heavy atom. The van der Waals surface area contributed by atoms with Gasteiger partial charge in [0, 0.05) is 20.3 Å². The Hall–Kier alpha value is -2.28. The largest absolute Gasteiger partial charge is 0.456 e. The Kier molecular flexibility index (Phi) is 3.37. The lowest BCUT2D eigenvalue weighted by Crippen LogP contribution is -1.79. The highest BCUT2D eigenvalue weighted by atomic mass is 79.9. The summed E-state index contributed by atoms with van der Waals surface area (Å²) >= 11 is 9.60. The molecule has 0 aliphatic heterocycles. The van der Waals surface area contributed by atoms with E-state index in [1.54, 1.807) is 12.1 Å². The molecule has 0 unspecified atom stereocenters. The highest BCUT2D eigenvalue weighted by Gasteiger charge is 2.10. The molecule has 0 saturated heterocycles. The second-order valence-corrected chi connectivity index (χ2v) is 6.65. The summed E-state index contributed by atoms with van der Waals surface area (Å²) in [5, 5.41) is 11.7. The molecular formula is C19H9BrClNO. The molecule has 0 N–H and O–H groups in total. The Balaban J connectivity index is 1.94. The summed E-state index contributed by atoms with van der Waals surface area (Å²) in [6.45, 7) is 0. The van der Waals surface area contributed by atoms with Gasteiger partial charge in [0.1, 0.15) is 11.2 Å². The van der Waals surface area contributed by atoms with Crippen molar-refractivity contribution in [1.29, 1.82) is 5.26 Å². The van der Waals surface area contributed by atoms with Crippen molar-refractivity contribution in [3.8, 4) is 17.2 Å². The Bertz CT molecular complexity index is 1090. The van der Waals surface area contributed by atoms with Crippen LogP contribution in [0, 0.1) is 11.3 Å². The fraction of sp³-hybridized carbons (Fsp3) is 0. The molecule has 4 aromatic rings. The zero-order valence-electron chi connectivity index (χ0n) is 11.8. The van der Waals surface area contributed by atoms with Gasteiger partial charge < -0.3 is 4.42 Å². The highest BCUT2D eigenvalue weighted by Crippen LogP contribution is 2.34. The zero-order chi connectivity index (χ0) is 16.0. The minimum absolute atomic E-state index is 0.593. The molecule has 2 nitrogen and oxygen atoms in total. The van der Waals surface area contributed by atoms with Crippen molar-refractivity contribution in [2.24, 2.45) is 0 Å². The van der Waals surface area contributed by atoms with Crippen LogP contribution in [0.25, 0.3) is 33.1 Å². The number of hydrogen-bond acceptors (Lipinski definition) is 2. The maximum Gasteiger partial charge on any atom is 0.136 e. The molecule has 110 valence electrons. The third-order valence-electron chi connectivity index (χ3n) is 3.80. The first-order chi connectivity index (χ1) is 11.1. The lowest BCUT2D eigenvalue weighted by atomic mass is 10.0. The number of furan rings is 1. The van der Waals surface area contributed by atoms with Crippen LogP contribution in [0.5, 0.6) is 0 Å². The summed E-state index contributed by atoms with van der Waals surface area (Å²) in [4.78, 5) is 0. The van der Waals surface area contributed by atoms with Gasteiger partial charge in [0.25, 0.3) is 0 Å². The maximum atomic E-state index is 9.01. The normalized spacial score (nSPS) is 11.0. The van der Waals surface area contributed by atoms with Gasteiger partial charge in [0.2, 0.25) is 0 Å². The summed E-state index contributed by atoms with van der Waals surface area (Å²) in [6, 6.07) is 19.5. The minimum Gasteiger partial charge on any atom is -0.456 e. The Morgan fingerprint density at radius 3 is 2.35 bits per heavy atom. The van der Waals surface area contributed by atoms with E-state index >= 15 is 0 Å². The van der Waals surface area contributed by atoms with E-state index in [-0.39, 0.29) is 0 Å². The fourth-order valence-corrected chi connectivity index (χ4v) is 3.61. The molecule has 1 heterocycles. The summed E-state index contributed by atoms with van der Waals surface area (Å²) < 4.78 is 6.86. The summed E-state index contributed by atoms with van der Waals surface area (Å²) in [7, 11) is 0. The molecule has 0 aliphatic carbocycles. The number of nitrogens with zero attached hydrogens (tertiary/aromatic N) is 1. The standard InChI is InChI=1S/C19H9BrClNO/c20-14-6-13(7-15(21)9-14)12-2-4-17-16-3-1-11(10-22)5-18(16)23-19(17)8-12/h1-9H. The summed E-state index contributed by atoms with van der Waals surface area (Å²) in [5.41, 5.74) is 4.16. The quantitative estimate of drug-likeness (QED) is 0.375. The number of benzene rings is 3. The Morgan fingerprint density at radius 1 is 0.870 bits per heavy atom. The van der Waals surface area contributed by atoms with Gasteiger partial charge in [-0.3, -0.25) is 0 Å². The van der Waals surface area contributed by atoms with Gasteiger partial charge in [0.05, 0.1) is 11.6 Å². The van der Waals surface area contributed by atoms with Gasteiger partial charge in [-0.05, 0) is 59.7 Å². The molecule has 3 aromatic carbocycles. The first kappa shape index (κ1) is 14.3. The van der Waals surface area contributed by atoms with Crippen LogP contribution in [0.1, 0.15) is 5.56 Å². The molecule has 4 heteroatoms. The monoisotopic (exact) mass is 381 g/mol. The van der Waals surface area contributed by atoms with E-state index in [4.69, 9.17) is 21.3 Å². The van der Waals surface area contributed by atoms with Crippen molar-refractivity contribution in [3.05, 3.63) is 69.7 Å². The van der Waals surface area contributed by atoms with Crippen molar-refractivity contribution < 1.29 is 4.42 Å². The minimum atomic E-state index is 0.593. The molecule has 4 rings (SSSR count). The number of hydrogen-bond donors (Lipinski definition) is 0. The van der Waals surface area contributed by atoms with Crippen molar-refractivity contribution in [3.63, 3.8) is 0 Å².